The van der Waals surface area contributed by atoms with E-state index in [4.69, 9.17) is 4.74 Å². The Bertz CT molecular complexity index is 499. The molecule has 0 radical (unpaired) electrons. The standard InChI is InChI=1S/C16H23FN2O2/c1-16(2,3)21-15(20)19-9-5-8-14(19)11-18-13-7-4-6-12(17)10-13/h4,6-7,10,14,18H,5,8-9,11H2,1-3H3/t14-/m0/s1. The number of ether oxygens (including phenoxy) is 1. The molecule has 21 heavy (non-hydrogen) atoms. The second-order valence-corrected chi connectivity index (χ2v) is 6.36. The van der Waals surface area contributed by atoms with Gasteiger partial charge in [-0.15, -0.1) is 0 Å². The lowest BCUT2D eigenvalue weighted by atomic mass is 10.2. The molecule has 116 valence electrons. The van der Waals surface area contributed by atoms with Crippen molar-refractivity contribution in [3.8, 4) is 0 Å². The lowest BCUT2D eigenvalue weighted by Gasteiger charge is -2.28. The molecule has 1 fully saturated rings. The predicted octanol–water partition coefficient (Wildman–Crippen LogP) is 3.64. The number of halogens is 1. The average Bonchev–Trinajstić information content (AvgIpc) is 2.83. The molecule has 0 bridgehead atoms. The summed E-state index contributed by atoms with van der Waals surface area (Å²) in [5.41, 5.74) is 0.242. The van der Waals surface area contributed by atoms with Crippen molar-refractivity contribution in [2.75, 3.05) is 18.4 Å². The van der Waals surface area contributed by atoms with Gasteiger partial charge in [0.2, 0.25) is 0 Å². The molecular formula is C16H23FN2O2. The molecule has 0 aromatic heterocycles. The third kappa shape index (κ3) is 4.62. The van der Waals surface area contributed by atoms with Crippen LogP contribution in [0.3, 0.4) is 0 Å². The van der Waals surface area contributed by atoms with Gasteiger partial charge >= 0.3 is 6.09 Å². The first-order valence-corrected chi connectivity index (χ1v) is 7.34. The smallest absolute Gasteiger partial charge is 0.410 e. The van der Waals surface area contributed by atoms with Crippen LogP contribution >= 0.6 is 0 Å². The number of hydrogen-bond donors (Lipinski definition) is 1. The van der Waals surface area contributed by atoms with Crippen molar-refractivity contribution in [3.63, 3.8) is 0 Å². The number of amides is 1. The summed E-state index contributed by atoms with van der Waals surface area (Å²) in [5.74, 6) is -0.268. The van der Waals surface area contributed by atoms with Gasteiger partial charge in [0, 0.05) is 18.8 Å². The number of benzene rings is 1. The minimum atomic E-state index is -0.486. The molecule has 1 heterocycles. The largest absolute Gasteiger partial charge is 0.444 e. The fraction of sp³-hybridized carbons (Fsp3) is 0.562. The Balaban J connectivity index is 1.91. The van der Waals surface area contributed by atoms with Gasteiger partial charge in [0.1, 0.15) is 11.4 Å². The van der Waals surface area contributed by atoms with Gasteiger partial charge in [-0.25, -0.2) is 9.18 Å². The quantitative estimate of drug-likeness (QED) is 0.925. The van der Waals surface area contributed by atoms with Crippen molar-refractivity contribution in [2.24, 2.45) is 0 Å². The zero-order valence-corrected chi connectivity index (χ0v) is 12.9. The highest BCUT2D eigenvalue weighted by molar-refractivity contribution is 5.69. The summed E-state index contributed by atoms with van der Waals surface area (Å²) in [6.45, 7) is 6.90. The zero-order chi connectivity index (χ0) is 15.5. The Kier molecular flexibility index (Phi) is 4.70. The third-order valence-electron chi connectivity index (χ3n) is 3.37. The molecule has 1 aliphatic heterocycles. The minimum Gasteiger partial charge on any atom is -0.444 e. The molecule has 5 heteroatoms. The molecule has 0 spiro atoms. The highest BCUT2D eigenvalue weighted by Gasteiger charge is 2.31. The number of rotatable bonds is 3. The summed E-state index contributed by atoms with van der Waals surface area (Å²) in [6.07, 6.45) is 1.63. The minimum absolute atomic E-state index is 0.0862. The maximum absolute atomic E-state index is 13.1. The van der Waals surface area contributed by atoms with E-state index in [0.717, 1.165) is 18.5 Å². The van der Waals surface area contributed by atoms with E-state index in [1.165, 1.54) is 12.1 Å². The molecule has 1 saturated heterocycles. The van der Waals surface area contributed by atoms with E-state index in [0.29, 0.717) is 13.1 Å². The van der Waals surface area contributed by atoms with E-state index in [2.05, 4.69) is 5.32 Å². The van der Waals surface area contributed by atoms with E-state index in [1.807, 2.05) is 26.8 Å². The van der Waals surface area contributed by atoms with E-state index >= 15 is 0 Å². The summed E-state index contributed by atoms with van der Waals surface area (Å²) in [4.78, 5) is 13.9. The molecule has 1 N–H and O–H groups in total. The number of hydrogen-bond acceptors (Lipinski definition) is 3. The molecule has 0 unspecified atom stereocenters. The highest BCUT2D eigenvalue weighted by Crippen LogP contribution is 2.21. The molecule has 1 atom stereocenters. The summed E-state index contributed by atoms with van der Waals surface area (Å²) >= 11 is 0. The maximum Gasteiger partial charge on any atom is 0.410 e. The van der Waals surface area contributed by atoms with E-state index in [-0.39, 0.29) is 18.0 Å². The summed E-state index contributed by atoms with van der Waals surface area (Å²) in [5, 5.41) is 3.19. The van der Waals surface area contributed by atoms with Crippen LogP contribution in [0.5, 0.6) is 0 Å². The number of anilines is 1. The number of carbonyl (C=O) groups excluding carboxylic acids is 1. The van der Waals surface area contributed by atoms with E-state index in [9.17, 15) is 9.18 Å². The van der Waals surface area contributed by atoms with Gasteiger partial charge in [-0.3, -0.25) is 0 Å². The molecule has 1 aromatic carbocycles. The third-order valence-corrected chi connectivity index (χ3v) is 3.37. The number of nitrogens with one attached hydrogen (secondary N) is 1. The van der Waals surface area contributed by atoms with Gasteiger partial charge < -0.3 is 15.0 Å². The Morgan fingerprint density at radius 1 is 1.48 bits per heavy atom. The molecule has 4 nitrogen and oxygen atoms in total. The lowest BCUT2D eigenvalue weighted by Crippen LogP contribution is -2.42. The molecule has 0 aliphatic carbocycles. The molecular weight excluding hydrogens is 271 g/mol. The zero-order valence-electron chi connectivity index (χ0n) is 12.9. The Hall–Kier alpha value is -1.78. The summed E-state index contributed by atoms with van der Waals surface area (Å²) in [7, 11) is 0. The van der Waals surface area contributed by atoms with Crippen molar-refractivity contribution in [1.29, 1.82) is 0 Å². The van der Waals surface area contributed by atoms with Crippen LogP contribution in [0.1, 0.15) is 33.6 Å². The van der Waals surface area contributed by atoms with Crippen molar-refractivity contribution in [3.05, 3.63) is 30.1 Å². The average molecular weight is 294 g/mol. The highest BCUT2D eigenvalue weighted by atomic mass is 19.1. The van der Waals surface area contributed by atoms with E-state index in [1.54, 1.807) is 11.0 Å². The van der Waals surface area contributed by atoms with Crippen LogP contribution in [-0.2, 0) is 4.74 Å². The SMILES string of the molecule is CC(C)(C)OC(=O)N1CCC[C@H]1CNc1cccc(F)c1. The van der Waals surface area contributed by atoms with Crippen molar-refractivity contribution < 1.29 is 13.9 Å². The maximum atomic E-state index is 13.1. The molecule has 0 saturated carbocycles. The Labute approximate surface area is 125 Å². The predicted molar refractivity (Wildman–Crippen MR) is 80.9 cm³/mol. The Morgan fingerprint density at radius 2 is 2.24 bits per heavy atom. The first-order valence-electron chi connectivity index (χ1n) is 7.34. The van der Waals surface area contributed by atoms with Crippen LogP contribution in [0.4, 0.5) is 14.9 Å². The van der Waals surface area contributed by atoms with Crippen molar-refractivity contribution in [1.82, 2.24) is 4.90 Å². The lowest BCUT2D eigenvalue weighted by molar-refractivity contribution is 0.0235. The monoisotopic (exact) mass is 294 g/mol. The number of carbonyl (C=O) groups is 1. The van der Waals surface area contributed by atoms with Gasteiger partial charge in [-0.1, -0.05) is 6.07 Å². The van der Waals surface area contributed by atoms with Crippen LogP contribution in [0, 0.1) is 5.82 Å². The normalized spacial score (nSPS) is 18.7. The Morgan fingerprint density at radius 3 is 2.90 bits per heavy atom. The van der Waals surface area contributed by atoms with Crippen LogP contribution < -0.4 is 5.32 Å². The van der Waals surface area contributed by atoms with Crippen LogP contribution in [-0.4, -0.2) is 35.7 Å². The van der Waals surface area contributed by atoms with Gasteiger partial charge in [0.05, 0.1) is 6.04 Å². The van der Waals surface area contributed by atoms with Gasteiger partial charge in [0.15, 0.2) is 0 Å². The molecule has 1 aromatic rings. The number of likely N-dealkylation sites (tertiary alicyclic amines) is 1. The molecule has 2 rings (SSSR count). The van der Waals surface area contributed by atoms with Gasteiger partial charge in [-0.05, 0) is 51.8 Å². The second-order valence-electron chi connectivity index (χ2n) is 6.36. The van der Waals surface area contributed by atoms with Crippen molar-refractivity contribution in [2.45, 2.75) is 45.3 Å². The van der Waals surface area contributed by atoms with E-state index < -0.39 is 5.60 Å². The second kappa shape index (κ2) is 6.33. The van der Waals surface area contributed by atoms with Crippen molar-refractivity contribution >= 4 is 11.8 Å². The molecule has 1 aliphatic rings. The van der Waals surface area contributed by atoms with Gasteiger partial charge in [0.25, 0.3) is 0 Å². The van der Waals surface area contributed by atoms with Crippen LogP contribution in [0.15, 0.2) is 24.3 Å². The first kappa shape index (κ1) is 15.6. The van der Waals surface area contributed by atoms with Crippen LogP contribution in [0.25, 0.3) is 0 Å². The summed E-state index contributed by atoms with van der Waals surface area (Å²) < 4.78 is 18.6. The molecule has 1 amide bonds. The van der Waals surface area contributed by atoms with Crippen LogP contribution in [0.2, 0.25) is 0 Å². The first-order chi connectivity index (χ1) is 9.85. The number of nitrogens with zero attached hydrogens (tertiary/aromatic N) is 1. The van der Waals surface area contributed by atoms with Gasteiger partial charge in [-0.2, -0.15) is 0 Å². The fourth-order valence-electron chi connectivity index (χ4n) is 2.44. The summed E-state index contributed by atoms with van der Waals surface area (Å²) in [6, 6.07) is 6.43. The fourth-order valence-corrected chi connectivity index (χ4v) is 2.44. The topological polar surface area (TPSA) is 41.6 Å².